The Balaban J connectivity index is 1.57. The molecule has 1 aliphatic heterocycles. The maximum atomic E-state index is 5.50. The summed E-state index contributed by atoms with van der Waals surface area (Å²) in [5.74, 6) is 3.53. The maximum Gasteiger partial charge on any atom is 0.119 e. The fourth-order valence-corrected chi connectivity index (χ4v) is 5.71. The van der Waals surface area contributed by atoms with Crippen LogP contribution in [-0.2, 0) is 19.5 Å². The maximum absolute atomic E-state index is 5.50. The molecule has 1 fully saturated rings. The number of nitrogens with zero attached hydrogens (tertiary/aromatic N) is 4. The van der Waals surface area contributed by atoms with E-state index in [1.165, 1.54) is 81.5 Å². The second-order valence-corrected chi connectivity index (χ2v) is 12.4. The fraction of sp³-hybridized carbons (Fsp3) is 0.618. The minimum Gasteiger partial charge on any atom is -0.497 e. The first-order valence-corrected chi connectivity index (χ1v) is 15.5. The van der Waals surface area contributed by atoms with Crippen LogP contribution in [0.4, 0.5) is 0 Å². The normalized spacial score (nSPS) is 14.8. The van der Waals surface area contributed by atoms with Gasteiger partial charge in [-0.25, -0.2) is 4.98 Å². The topological polar surface area (TPSA) is 33.5 Å². The van der Waals surface area contributed by atoms with Gasteiger partial charge in [-0.15, -0.1) is 0 Å². The number of imidazole rings is 1. The van der Waals surface area contributed by atoms with Crippen LogP contribution in [0.2, 0.25) is 0 Å². The lowest BCUT2D eigenvalue weighted by molar-refractivity contribution is 0.223. The molecule has 5 nitrogen and oxygen atoms in total. The molecule has 0 amide bonds. The van der Waals surface area contributed by atoms with Gasteiger partial charge >= 0.3 is 0 Å². The van der Waals surface area contributed by atoms with Gasteiger partial charge in [0.15, 0.2) is 0 Å². The second-order valence-electron chi connectivity index (χ2n) is 12.4. The van der Waals surface area contributed by atoms with Crippen LogP contribution in [0, 0.1) is 11.8 Å². The van der Waals surface area contributed by atoms with Crippen LogP contribution in [0.15, 0.2) is 42.5 Å². The molecule has 2 aromatic carbocycles. The smallest absolute Gasteiger partial charge is 0.119 e. The summed E-state index contributed by atoms with van der Waals surface area (Å²) in [7, 11) is 1.74. The van der Waals surface area contributed by atoms with Crippen molar-refractivity contribution in [3.8, 4) is 5.75 Å². The van der Waals surface area contributed by atoms with E-state index >= 15 is 0 Å². The van der Waals surface area contributed by atoms with Crippen molar-refractivity contribution in [1.82, 2.24) is 19.4 Å². The lowest BCUT2D eigenvalue weighted by atomic mass is 10.1. The zero-order valence-corrected chi connectivity index (χ0v) is 25.3. The molecular weight excluding hydrogens is 480 g/mol. The SMILES string of the molecule is COc1cccc(Cc2nc3ccc(CN(CCC(C)C)CCC(C)C)cc3n2CCCN2CCCCC2)c1. The van der Waals surface area contributed by atoms with Crippen LogP contribution in [-0.4, -0.2) is 59.2 Å². The average molecular weight is 533 g/mol. The van der Waals surface area contributed by atoms with E-state index in [0.29, 0.717) is 0 Å². The van der Waals surface area contributed by atoms with E-state index in [2.05, 4.69) is 78.5 Å². The van der Waals surface area contributed by atoms with E-state index in [1.807, 2.05) is 6.07 Å². The van der Waals surface area contributed by atoms with E-state index in [4.69, 9.17) is 9.72 Å². The summed E-state index contributed by atoms with van der Waals surface area (Å²) in [5.41, 5.74) is 5.05. The zero-order chi connectivity index (χ0) is 27.6. The highest BCUT2D eigenvalue weighted by Gasteiger charge is 2.16. The third-order valence-corrected chi connectivity index (χ3v) is 8.14. The molecule has 3 aromatic rings. The van der Waals surface area contributed by atoms with E-state index in [-0.39, 0.29) is 0 Å². The highest BCUT2D eigenvalue weighted by atomic mass is 16.5. The number of piperidine rings is 1. The van der Waals surface area contributed by atoms with Crippen molar-refractivity contribution in [2.45, 2.75) is 85.7 Å². The minimum atomic E-state index is 0.731. The lowest BCUT2D eigenvalue weighted by Crippen LogP contribution is -2.31. The Bertz CT molecular complexity index is 1130. The molecule has 0 unspecified atom stereocenters. The largest absolute Gasteiger partial charge is 0.497 e. The number of aryl methyl sites for hydroxylation is 1. The van der Waals surface area contributed by atoms with E-state index < -0.39 is 0 Å². The van der Waals surface area contributed by atoms with Crippen LogP contribution in [0.3, 0.4) is 0 Å². The van der Waals surface area contributed by atoms with Gasteiger partial charge in [0.25, 0.3) is 0 Å². The van der Waals surface area contributed by atoms with Gasteiger partial charge in [-0.3, -0.25) is 4.90 Å². The van der Waals surface area contributed by atoms with Crippen molar-refractivity contribution in [1.29, 1.82) is 0 Å². The molecule has 0 saturated carbocycles. The Hall–Kier alpha value is -2.37. The van der Waals surface area contributed by atoms with Crippen LogP contribution >= 0.6 is 0 Å². The van der Waals surface area contributed by atoms with Crippen molar-refractivity contribution in [2.24, 2.45) is 11.8 Å². The number of methoxy groups -OCH3 is 1. The van der Waals surface area contributed by atoms with Crippen molar-refractivity contribution in [2.75, 3.05) is 39.8 Å². The molecular formula is C34H52N4O. The zero-order valence-electron chi connectivity index (χ0n) is 25.3. The Kier molecular flexibility index (Phi) is 11.3. The molecule has 0 bridgehead atoms. The summed E-state index contributed by atoms with van der Waals surface area (Å²) in [4.78, 5) is 10.5. The number of benzene rings is 2. The summed E-state index contributed by atoms with van der Waals surface area (Å²) in [6.45, 7) is 17.4. The van der Waals surface area contributed by atoms with E-state index in [9.17, 15) is 0 Å². The minimum absolute atomic E-state index is 0.731. The predicted molar refractivity (Wildman–Crippen MR) is 165 cm³/mol. The molecule has 1 aromatic heterocycles. The second kappa shape index (κ2) is 14.9. The lowest BCUT2D eigenvalue weighted by Gasteiger charge is -2.26. The molecule has 2 heterocycles. The third-order valence-electron chi connectivity index (χ3n) is 8.14. The van der Waals surface area contributed by atoms with Gasteiger partial charge < -0.3 is 14.2 Å². The number of hydrogen-bond donors (Lipinski definition) is 0. The van der Waals surface area contributed by atoms with Gasteiger partial charge in [-0.05, 0) is 112 Å². The van der Waals surface area contributed by atoms with Crippen molar-refractivity contribution < 1.29 is 4.74 Å². The summed E-state index contributed by atoms with van der Waals surface area (Å²) in [6, 6.07) is 15.4. The Morgan fingerprint density at radius 2 is 1.62 bits per heavy atom. The highest BCUT2D eigenvalue weighted by Crippen LogP contribution is 2.24. The molecule has 214 valence electrons. The number of rotatable bonds is 15. The van der Waals surface area contributed by atoms with Crippen LogP contribution < -0.4 is 4.74 Å². The van der Waals surface area contributed by atoms with Gasteiger partial charge in [0, 0.05) is 19.5 Å². The van der Waals surface area contributed by atoms with Gasteiger partial charge in [0.05, 0.1) is 18.1 Å². The average Bonchev–Trinajstić information content (AvgIpc) is 3.26. The van der Waals surface area contributed by atoms with Gasteiger partial charge in [0.2, 0.25) is 0 Å². The van der Waals surface area contributed by atoms with Crippen LogP contribution in [0.25, 0.3) is 11.0 Å². The van der Waals surface area contributed by atoms with Crippen molar-refractivity contribution in [3.05, 3.63) is 59.4 Å². The van der Waals surface area contributed by atoms with Gasteiger partial charge in [-0.2, -0.15) is 0 Å². The molecule has 1 saturated heterocycles. The highest BCUT2D eigenvalue weighted by molar-refractivity contribution is 5.77. The first-order valence-electron chi connectivity index (χ1n) is 15.5. The molecule has 0 aliphatic carbocycles. The monoisotopic (exact) mass is 532 g/mol. The number of ether oxygens (including phenoxy) is 1. The molecule has 1 aliphatic rings. The third kappa shape index (κ3) is 9.08. The van der Waals surface area contributed by atoms with Crippen LogP contribution in [0.5, 0.6) is 5.75 Å². The summed E-state index contributed by atoms with van der Waals surface area (Å²) in [5, 5.41) is 0. The van der Waals surface area contributed by atoms with Crippen LogP contribution in [0.1, 0.15) is 83.2 Å². The molecule has 39 heavy (non-hydrogen) atoms. The molecule has 0 atom stereocenters. The molecule has 0 spiro atoms. The van der Waals surface area contributed by atoms with Gasteiger partial charge in [-0.1, -0.05) is 52.3 Å². The summed E-state index contributed by atoms with van der Waals surface area (Å²) in [6.07, 6.45) is 8.57. The Morgan fingerprint density at radius 3 is 2.31 bits per heavy atom. The number of likely N-dealkylation sites (tertiary alicyclic amines) is 1. The quantitative estimate of drug-likeness (QED) is 0.204. The predicted octanol–water partition coefficient (Wildman–Crippen LogP) is 7.41. The molecule has 0 N–H and O–H groups in total. The number of fused-ring (bicyclic) bond motifs is 1. The molecule has 5 heteroatoms. The summed E-state index contributed by atoms with van der Waals surface area (Å²) < 4.78 is 8.01. The fourth-order valence-electron chi connectivity index (χ4n) is 5.71. The number of aromatic nitrogens is 2. The summed E-state index contributed by atoms with van der Waals surface area (Å²) >= 11 is 0. The first kappa shape index (κ1) is 29.6. The number of hydrogen-bond acceptors (Lipinski definition) is 4. The van der Waals surface area contributed by atoms with Gasteiger partial charge in [0.1, 0.15) is 11.6 Å². The molecule has 4 rings (SSSR count). The van der Waals surface area contributed by atoms with Crippen molar-refractivity contribution in [3.63, 3.8) is 0 Å². The first-order chi connectivity index (χ1) is 18.9. The van der Waals surface area contributed by atoms with E-state index in [0.717, 1.165) is 54.9 Å². The van der Waals surface area contributed by atoms with E-state index in [1.54, 1.807) is 7.11 Å². The Morgan fingerprint density at radius 1 is 0.872 bits per heavy atom. The molecule has 0 radical (unpaired) electrons. The standard InChI is InChI=1S/C34H52N4O/c1-27(2)15-21-37(22-16-28(3)4)26-30-13-14-32-33(24-30)38(20-10-19-36-17-7-6-8-18-36)34(35-32)25-29-11-9-12-31(23-29)39-5/h9,11-14,23-24,27-28H,6-8,10,15-22,25-26H2,1-5H3. The van der Waals surface area contributed by atoms with Crippen molar-refractivity contribution >= 4 is 11.0 Å². The Labute approximate surface area is 237 Å².